The monoisotopic (exact) mass is 167 g/mol. The molecule has 3 heteroatoms. The van der Waals surface area contributed by atoms with E-state index in [9.17, 15) is 0 Å². The van der Waals surface area contributed by atoms with Crippen LogP contribution in [-0.4, -0.2) is 15.4 Å². The Morgan fingerprint density at radius 3 is 2.58 bits per heavy atom. The van der Waals surface area contributed by atoms with Crippen LogP contribution in [0.3, 0.4) is 0 Å². The first-order chi connectivity index (χ1) is 5.70. The van der Waals surface area contributed by atoms with E-state index in [4.69, 9.17) is 0 Å². The fourth-order valence-electron chi connectivity index (χ4n) is 1.22. The summed E-state index contributed by atoms with van der Waals surface area (Å²) >= 11 is 0. The molecule has 0 spiro atoms. The quantitative estimate of drug-likeness (QED) is 0.746. The summed E-state index contributed by atoms with van der Waals surface area (Å²) < 4.78 is 0. The number of rotatable bonds is 4. The summed E-state index contributed by atoms with van der Waals surface area (Å²) in [7, 11) is 0. The lowest BCUT2D eigenvalue weighted by atomic mass is 10.1. The van der Waals surface area contributed by atoms with Crippen molar-refractivity contribution in [1.82, 2.24) is 15.4 Å². The van der Waals surface area contributed by atoms with E-state index in [1.54, 1.807) is 0 Å². The van der Waals surface area contributed by atoms with Crippen molar-refractivity contribution in [2.75, 3.05) is 0 Å². The van der Waals surface area contributed by atoms with Gasteiger partial charge in [0.25, 0.3) is 0 Å². The molecule has 0 saturated heterocycles. The van der Waals surface area contributed by atoms with Gasteiger partial charge in [0.1, 0.15) is 0 Å². The predicted molar refractivity (Wildman–Crippen MR) is 48.9 cm³/mol. The molecule has 0 aliphatic carbocycles. The Bertz CT molecular complexity index is 227. The van der Waals surface area contributed by atoms with Gasteiger partial charge in [-0.1, -0.05) is 20.3 Å². The lowest BCUT2D eigenvalue weighted by molar-refractivity contribution is 0.552. The fraction of sp³-hybridized carbons (Fsp3) is 0.778. The van der Waals surface area contributed by atoms with Crippen LogP contribution < -0.4 is 0 Å². The molecular weight excluding hydrogens is 150 g/mol. The van der Waals surface area contributed by atoms with Gasteiger partial charge < -0.3 is 0 Å². The van der Waals surface area contributed by atoms with E-state index in [1.165, 1.54) is 12.8 Å². The Morgan fingerprint density at radius 1 is 1.33 bits per heavy atom. The molecule has 0 radical (unpaired) electrons. The van der Waals surface area contributed by atoms with E-state index in [0.717, 1.165) is 23.7 Å². The zero-order valence-corrected chi connectivity index (χ0v) is 8.09. The fourth-order valence-corrected chi connectivity index (χ4v) is 1.22. The number of aromatic nitrogens is 3. The highest BCUT2D eigenvalue weighted by atomic mass is 15.3. The van der Waals surface area contributed by atoms with Crippen LogP contribution in [0.25, 0.3) is 0 Å². The Balaban J connectivity index is 2.29. The molecule has 1 aromatic heterocycles. The van der Waals surface area contributed by atoms with Crippen LogP contribution in [0.15, 0.2) is 0 Å². The molecule has 1 rings (SSSR count). The summed E-state index contributed by atoms with van der Waals surface area (Å²) in [5.41, 5.74) is 2.16. The summed E-state index contributed by atoms with van der Waals surface area (Å²) in [6.45, 7) is 6.49. The predicted octanol–water partition coefficient (Wildman–Crippen LogP) is 2.09. The minimum atomic E-state index is 0.789. The number of hydrogen-bond acceptors (Lipinski definition) is 2. The van der Waals surface area contributed by atoms with Gasteiger partial charge in [-0.2, -0.15) is 15.4 Å². The number of nitrogens with zero attached hydrogens (tertiary/aromatic N) is 2. The van der Waals surface area contributed by atoms with Crippen LogP contribution in [0.2, 0.25) is 0 Å². The van der Waals surface area contributed by atoms with E-state index < -0.39 is 0 Å². The topological polar surface area (TPSA) is 41.6 Å². The van der Waals surface area contributed by atoms with Crippen molar-refractivity contribution in [3.63, 3.8) is 0 Å². The normalized spacial score (nSPS) is 11.0. The number of hydrogen-bond donors (Lipinski definition) is 1. The molecule has 0 unspecified atom stereocenters. The van der Waals surface area contributed by atoms with Crippen molar-refractivity contribution >= 4 is 0 Å². The van der Waals surface area contributed by atoms with Gasteiger partial charge in [0.2, 0.25) is 0 Å². The third-order valence-electron chi connectivity index (χ3n) is 2.02. The molecule has 0 aliphatic rings. The molecule has 3 nitrogen and oxygen atoms in total. The van der Waals surface area contributed by atoms with Gasteiger partial charge in [-0.15, -0.1) is 0 Å². The van der Waals surface area contributed by atoms with E-state index in [0.29, 0.717) is 0 Å². The van der Waals surface area contributed by atoms with Crippen LogP contribution >= 0.6 is 0 Å². The van der Waals surface area contributed by atoms with Crippen molar-refractivity contribution < 1.29 is 0 Å². The summed E-state index contributed by atoms with van der Waals surface area (Å²) in [6.07, 6.45) is 3.54. The summed E-state index contributed by atoms with van der Waals surface area (Å²) in [6, 6.07) is 0. The number of nitrogens with one attached hydrogen (secondary N) is 1. The first-order valence-electron chi connectivity index (χ1n) is 4.56. The summed E-state index contributed by atoms with van der Waals surface area (Å²) in [5.74, 6) is 0.789. The summed E-state index contributed by atoms with van der Waals surface area (Å²) in [5, 5.41) is 10.7. The average Bonchev–Trinajstić information content (AvgIpc) is 2.36. The second-order valence-corrected chi connectivity index (χ2v) is 3.64. The van der Waals surface area contributed by atoms with Crippen molar-refractivity contribution in [3.05, 3.63) is 11.4 Å². The molecule has 0 atom stereocenters. The molecule has 1 aromatic rings. The van der Waals surface area contributed by atoms with Crippen LogP contribution in [0.1, 0.15) is 38.1 Å². The van der Waals surface area contributed by atoms with Crippen LogP contribution in [0.4, 0.5) is 0 Å². The number of H-pyrrole nitrogens is 1. The molecular formula is C9H17N3. The molecule has 0 saturated carbocycles. The molecule has 0 aliphatic heterocycles. The minimum absolute atomic E-state index is 0.789. The van der Waals surface area contributed by atoms with Gasteiger partial charge in [0.15, 0.2) is 0 Å². The van der Waals surface area contributed by atoms with Crippen molar-refractivity contribution in [2.24, 2.45) is 5.92 Å². The number of aryl methyl sites for hydroxylation is 2. The molecule has 0 fully saturated rings. The Hall–Kier alpha value is -0.860. The highest BCUT2D eigenvalue weighted by Crippen LogP contribution is 2.09. The maximum atomic E-state index is 4.08. The zero-order chi connectivity index (χ0) is 8.97. The van der Waals surface area contributed by atoms with Crippen LogP contribution in [0.5, 0.6) is 0 Å². The average molecular weight is 167 g/mol. The molecule has 0 amide bonds. The smallest absolute Gasteiger partial charge is 0.0853 e. The van der Waals surface area contributed by atoms with Gasteiger partial charge in [-0.3, -0.25) is 0 Å². The minimum Gasteiger partial charge on any atom is -0.197 e. The third-order valence-corrected chi connectivity index (χ3v) is 2.02. The largest absolute Gasteiger partial charge is 0.197 e. The first-order valence-corrected chi connectivity index (χ1v) is 4.56. The van der Waals surface area contributed by atoms with E-state index >= 15 is 0 Å². The Morgan fingerprint density at radius 2 is 2.08 bits per heavy atom. The first kappa shape index (κ1) is 9.23. The van der Waals surface area contributed by atoms with E-state index in [-0.39, 0.29) is 0 Å². The SMILES string of the molecule is Cc1n[nH]nc1CCCC(C)C. The second kappa shape index (κ2) is 4.24. The lowest BCUT2D eigenvalue weighted by Crippen LogP contribution is -1.92. The molecule has 68 valence electrons. The zero-order valence-electron chi connectivity index (χ0n) is 8.09. The van der Waals surface area contributed by atoms with Crippen molar-refractivity contribution in [3.8, 4) is 0 Å². The highest BCUT2D eigenvalue weighted by molar-refractivity contribution is 5.05. The van der Waals surface area contributed by atoms with Gasteiger partial charge >= 0.3 is 0 Å². The lowest BCUT2D eigenvalue weighted by Gasteiger charge is -2.01. The maximum Gasteiger partial charge on any atom is 0.0853 e. The van der Waals surface area contributed by atoms with E-state index in [2.05, 4.69) is 29.3 Å². The molecule has 0 aromatic carbocycles. The van der Waals surface area contributed by atoms with Crippen LogP contribution in [0, 0.1) is 12.8 Å². The van der Waals surface area contributed by atoms with Crippen molar-refractivity contribution in [1.29, 1.82) is 0 Å². The number of aromatic amines is 1. The van der Waals surface area contributed by atoms with E-state index in [1.807, 2.05) is 6.92 Å². The molecule has 1 N–H and O–H groups in total. The third kappa shape index (κ3) is 2.64. The molecule has 1 heterocycles. The van der Waals surface area contributed by atoms with Gasteiger partial charge in [0, 0.05) is 0 Å². The Kier molecular flexibility index (Phi) is 3.26. The summed E-state index contributed by atoms with van der Waals surface area (Å²) in [4.78, 5) is 0. The van der Waals surface area contributed by atoms with Crippen molar-refractivity contribution in [2.45, 2.75) is 40.0 Å². The Labute approximate surface area is 73.6 Å². The molecule has 12 heavy (non-hydrogen) atoms. The van der Waals surface area contributed by atoms with Gasteiger partial charge in [0.05, 0.1) is 11.4 Å². The molecule has 0 bridgehead atoms. The van der Waals surface area contributed by atoms with Crippen LogP contribution in [-0.2, 0) is 6.42 Å². The standard InChI is InChI=1S/C9H17N3/c1-7(2)5-4-6-9-8(3)10-12-11-9/h7H,4-6H2,1-3H3,(H,10,11,12). The highest BCUT2D eigenvalue weighted by Gasteiger charge is 2.02. The second-order valence-electron chi connectivity index (χ2n) is 3.64. The maximum absolute atomic E-state index is 4.08. The van der Waals surface area contributed by atoms with Gasteiger partial charge in [-0.05, 0) is 25.7 Å². The van der Waals surface area contributed by atoms with Gasteiger partial charge in [-0.25, -0.2) is 0 Å².